The van der Waals surface area contributed by atoms with Gasteiger partial charge in [-0.15, -0.1) is 0 Å². The Labute approximate surface area is 237 Å². The van der Waals surface area contributed by atoms with Crippen LogP contribution in [0, 0.1) is 23.3 Å². The molecule has 0 aromatic heterocycles. The highest BCUT2D eigenvalue weighted by Gasteiger charge is 2.27. The summed E-state index contributed by atoms with van der Waals surface area (Å²) in [6.45, 7) is 11.6. The molecule has 0 spiro atoms. The van der Waals surface area contributed by atoms with Crippen molar-refractivity contribution in [2.24, 2.45) is 0 Å². The van der Waals surface area contributed by atoms with Crippen molar-refractivity contribution in [1.29, 1.82) is 0 Å². The average molecular weight is 575 g/mol. The predicted octanol–water partition coefficient (Wildman–Crippen LogP) is 0.972. The Morgan fingerprint density at radius 2 is 0.675 bits per heavy atom. The van der Waals surface area contributed by atoms with Crippen LogP contribution in [0.1, 0.15) is 36.8 Å². The second kappa shape index (κ2) is 19.7. The lowest BCUT2D eigenvalue weighted by atomic mass is 10.1. The van der Waals surface area contributed by atoms with Gasteiger partial charge in [0.05, 0.1) is 0 Å². The van der Waals surface area contributed by atoms with Crippen molar-refractivity contribution in [2.75, 3.05) is 105 Å². The highest BCUT2D eigenvalue weighted by Crippen LogP contribution is 2.26. The van der Waals surface area contributed by atoms with Crippen LogP contribution >= 0.6 is 0 Å². The van der Waals surface area contributed by atoms with Gasteiger partial charge >= 0.3 is 0 Å². The molecule has 6 N–H and O–H groups in total. The molecular formula is C28H50F4N8. The summed E-state index contributed by atoms with van der Waals surface area (Å²) in [6.07, 6.45) is 3.48. The highest BCUT2D eigenvalue weighted by molar-refractivity contribution is 5.30. The standard InChI is InChI=1S/C28H50F4N8/c29-25-23(21-39-17-3-9-35-13-11-33-5-1-7-37-15-19-39)26(30)28(32)24(27(25)31)22-40-18-4-10-36-14-12-34-6-2-8-38-16-20-40/h33-38H,1-22H2. The molecule has 2 saturated heterocycles. The summed E-state index contributed by atoms with van der Waals surface area (Å²) in [4.78, 5) is 3.74. The topological polar surface area (TPSA) is 78.7 Å². The van der Waals surface area contributed by atoms with Crippen molar-refractivity contribution in [3.63, 3.8) is 0 Å². The second-order valence-corrected chi connectivity index (χ2v) is 10.7. The van der Waals surface area contributed by atoms with Crippen LogP contribution in [-0.4, -0.2) is 115 Å². The molecule has 1 aromatic rings. The number of nitrogens with one attached hydrogen (secondary N) is 6. The molecule has 12 heteroatoms. The Kier molecular flexibility index (Phi) is 16.3. The molecule has 0 atom stereocenters. The Hall–Kier alpha value is -1.38. The monoisotopic (exact) mass is 574 g/mol. The molecule has 1 aromatic carbocycles. The van der Waals surface area contributed by atoms with E-state index in [4.69, 9.17) is 0 Å². The van der Waals surface area contributed by atoms with E-state index in [1.54, 1.807) is 0 Å². The minimum absolute atomic E-state index is 0.177. The number of nitrogens with zero attached hydrogens (tertiary/aromatic N) is 2. The number of rotatable bonds is 4. The Morgan fingerprint density at radius 1 is 0.375 bits per heavy atom. The van der Waals surface area contributed by atoms with Gasteiger partial charge in [-0.05, 0) is 78.0 Å². The fourth-order valence-corrected chi connectivity index (χ4v) is 5.10. The van der Waals surface area contributed by atoms with Crippen LogP contribution in [0.2, 0.25) is 0 Å². The maximum Gasteiger partial charge on any atom is 0.166 e. The summed E-state index contributed by atoms with van der Waals surface area (Å²) in [5.74, 6) is -5.11. The van der Waals surface area contributed by atoms with Crippen molar-refractivity contribution in [3.8, 4) is 0 Å². The first-order valence-electron chi connectivity index (χ1n) is 15.1. The average Bonchev–Trinajstić information content (AvgIpc) is 2.95. The SMILES string of the molecule is Fc1c(F)c(CN2CCCNCCNCCCNCC2)c(F)c(F)c1CN1CCCNCCNCCCNCC1. The van der Waals surface area contributed by atoms with E-state index < -0.39 is 34.4 Å². The van der Waals surface area contributed by atoms with Crippen LogP contribution in [-0.2, 0) is 13.1 Å². The summed E-state index contributed by atoms with van der Waals surface area (Å²) in [7, 11) is 0. The van der Waals surface area contributed by atoms with Crippen molar-refractivity contribution < 1.29 is 17.6 Å². The lowest BCUT2D eigenvalue weighted by Gasteiger charge is -2.26. The number of benzene rings is 1. The van der Waals surface area contributed by atoms with Crippen molar-refractivity contribution in [1.82, 2.24) is 41.7 Å². The lowest BCUT2D eigenvalue weighted by molar-refractivity contribution is 0.240. The fraction of sp³-hybridized carbons (Fsp3) is 0.786. The van der Waals surface area contributed by atoms with Gasteiger partial charge in [-0.3, -0.25) is 9.80 Å². The van der Waals surface area contributed by atoms with Crippen LogP contribution in [0.5, 0.6) is 0 Å². The Morgan fingerprint density at radius 3 is 1.02 bits per heavy atom. The van der Waals surface area contributed by atoms with E-state index in [0.29, 0.717) is 39.3 Å². The summed E-state index contributed by atoms with van der Waals surface area (Å²) in [5, 5.41) is 20.1. The molecule has 230 valence electrons. The zero-order valence-corrected chi connectivity index (χ0v) is 24.0. The van der Waals surface area contributed by atoms with Gasteiger partial charge in [0.15, 0.2) is 23.3 Å². The van der Waals surface area contributed by atoms with Gasteiger partial charge in [-0.1, -0.05) is 0 Å². The van der Waals surface area contributed by atoms with Crippen LogP contribution in [0.4, 0.5) is 17.6 Å². The number of hydrogen-bond acceptors (Lipinski definition) is 8. The molecule has 2 heterocycles. The first kappa shape index (κ1) is 33.1. The van der Waals surface area contributed by atoms with E-state index >= 15 is 17.6 Å². The molecule has 0 bridgehead atoms. The van der Waals surface area contributed by atoms with Crippen LogP contribution < -0.4 is 31.9 Å². The minimum Gasteiger partial charge on any atom is -0.315 e. The van der Waals surface area contributed by atoms with E-state index in [9.17, 15) is 0 Å². The maximum atomic E-state index is 15.3. The van der Waals surface area contributed by atoms with Crippen molar-refractivity contribution >= 4 is 0 Å². The predicted molar refractivity (Wildman–Crippen MR) is 153 cm³/mol. The van der Waals surface area contributed by atoms with E-state index in [0.717, 1.165) is 91.1 Å². The number of halogens is 4. The van der Waals surface area contributed by atoms with E-state index in [-0.39, 0.29) is 13.1 Å². The third-order valence-corrected chi connectivity index (χ3v) is 7.45. The van der Waals surface area contributed by atoms with Gasteiger partial charge in [0.25, 0.3) is 0 Å². The molecule has 2 fully saturated rings. The Bertz CT molecular complexity index is 723. The summed E-state index contributed by atoms with van der Waals surface area (Å²) >= 11 is 0. The largest absolute Gasteiger partial charge is 0.315 e. The molecule has 40 heavy (non-hydrogen) atoms. The molecule has 0 unspecified atom stereocenters. The van der Waals surface area contributed by atoms with E-state index in [1.807, 2.05) is 9.80 Å². The molecule has 0 aliphatic carbocycles. The minimum atomic E-state index is -1.28. The maximum absolute atomic E-state index is 15.3. The normalized spacial score (nSPS) is 21.9. The smallest absolute Gasteiger partial charge is 0.166 e. The second-order valence-electron chi connectivity index (χ2n) is 10.7. The van der Waals surface area contributed by atoms with Gasteiger partial charge in [0.2, 0.25) is 0 Å². The van der Waals surface area contributed by atoms with Gasteiger partial charge in [-0.25, -0.2) is 17.6 Å². The third-order valence-electron chi connectivity index (χ3n) is 7.45. The molecule has 8 nitrogen and oxygen atoms in total. The summed E-state index contributed by atoms with van der Waals surface area (Å²) in [5.41, 5.74) is -1.06. The zero-order chi connectivity index (χ0) is 28.4. The van der Waals surface area contributed by atoms with Crippen LogP contribution in [0.25, 0.3) is 0 Å². The zero-order valence-electron chi connectivity index (χ0n) is 24.0. The van der Waals surface area contributed by atoms with Gasteiger partial charge in [0, 0.05) is 76.6 Å². The molecule has 2 aliphatic rings. The van der Waals surface area contributed by atoms with E-state index in [2.05, 4.69) is 31.9 Å². The van der Waals surface area contributed by atoms with Crippen LogP contribution in [0.3, 0.4) is 0 Å². The van der Waals surface area contributed by atoms with Gasteiger partial charge < -0.3 is 31.9 Å². The van der Waals surface area contributed by atoms with Gasteiger partial charge in [0.1, 0.15) is 0 Å². The quantitative estimate of drug-likeness (QED) is 0.235. The molecule has 0 radical (unpaired) electrons. The third kappa shape index (κ3) is 11.8. The summed E-state index contributed by atoms with van der Waals surface area (Å²) in [6, 6.07) is 0. The van der Waals surface area contributed by atoms with Crippen LogP contribution in [0.15, 0.2) is 0 Å². The highest BCUT2D eigenvalue weighted by atomic mass is 19.2. The first-order chi connectivity index (χ1) is 19.6. The number of hydrogen-bond donors (Lipinski definition) is 6. The molecule has 3 rings (SSSR count). The molecule has 0 saturated carbocycles. The van der Waals surface area contributed by atoms with Gasteiger partial charge in [-0.2, -0.15) is 0 Å². The fourth-order valence-electron chi connectivity index (χ4n) is 5.10. The molecule has 2 aliphatic heterocycles. The molecule has 0 amide bonds. The molecular weight excluding hydrogens is 524 g/mol. The Balaban J connectivity index is 1.67. The van der Waals surface area contributed by atoms with Crippen molar-refractivity contribution in [3.05, 3.63) is 34.4 Å². The van der Waals surface area contributed by atoms with Crippen molar-refractivity contribution in [2.45, 2.75) is 38.8 Å². The van der Waals surface area contributed by atoms with E-state index in [1.165, 1.54) is 0 Å². The lowest BCUT2D eigenvalue weighted by Crippen LogP contribution is -2.37. The first-order valence-corrected chi connectivity index (χ1v) is 15.1. The summed E-state index contributed by atoms with van der Waals surface area (Å²) < 4.78 is 61.3.